The van der Waals surface area contributed by atoms with Crippen LogP contribution in [-0.4, -0.2) is 18.6 Å². The molecule has 16 heavy (non-hydrogen) atoms. The molecular formula is C12H16NO2S-. The number of amides is 1. The van der Waals surface area contributed by atoms with Gasteiger partial charge in [0.2, 0.25) is 0 Å². The molecule has 0 unspecified atom stereocenters. The lowest BCUT2D eigenvalue weighted by Gasteiger charge is -2.24. The molecule has 0 aliphatic heterocycles. The summed E-state index contributed by atoms with van der Waals surface area (Å²) in [5.41, 5.74) is 0.134. The second-order valence-electron chi connectivity index (χ2n) is 4.54. The summed E-state index contributed by atoms with van der Waals surface area (Å²) in [5, 5.41) is 2.87. The summed E-state index contributed by atoms with van der Waals surface area (Å²) in [6.07, 6.45) is 0. The number of rotatable bonds is 2. The molecule has 1 aromatic rings. The van der Waals surface area contributed by atoms with Crippen molar-refractivity contribution < 1.29 is 9.53 Å². The highest BCUT2D eigenvalue weighted by Gasteiger charge is 2.18. The number of hydrogen-bond acceptors (Lipinski definition) is 3. The van der Waals surface area contributed by atoms with E-state index in [0.29, 0.717) is 16.2 Å². The molecule has 0 aliphatic rings. The minimum absolute atomic E-state index is 0.199. The maximum atomic E-state index is 12.0. The number of nitrogens with one attached hydrogen (secondary N) is 1. The largest absolute Gasteiger partial charge is 0.779 e. The molecule has 88 valence electrons. The van der Waals surface area contributed by atoms with Crippen LogP contribution >= 0.6 is 0 Å². The molecule has 0 heterocycles. The molecule has 0 atom stereocenters. The Morgan fingerprint density at radius 1 is 1.38 bits per heavy atom. The summed E-state index contributed by atoms with van der Waals surface area (Å²) in [7, 11) is 1.53. The Hall–Kier alpha value is -1.29. The summed E-state index contributed by atoms with van der Waals surface area (Å²) in [4.78, 5) is 12.5. The molecule has 0 bridgehead atoms. The Morgan fingerprint density at radius 2 is 2.00 bits per heavy atom. The minimum atomic E-state index is -0.292. The number of ether oxygens (including phenoxy) is 1. The number of carbonyl (C=O) groups is 1. The molecule has 0 saturated carbocycles. The van der Waals surface area contributed by atoms with Crippen molar-refractivity contribution in [2.24, 2.45) is 0 Å². The zero-order valence-electron chi connectivity index (χ0n) is 9.96. The lowest BCUT2D eigenvalue weighted by molar-refractivity contribution is 0.0913. The first kappa shape index (κ1) is 12.8. The van der Waals surface area contributed by atoms with Gasteiger partial charge in [-0.3, -0.25) is 4.79 Å². The van der Waals surface area contributed by atoms with Crippen molar-refractivity contribution in [3.63, 3.8) is 0 Å². The quantitative estimate of drug-likeness (QED) is 0.802. The van der Waals surface area contributed by atoms with Gasteiger partial charge >= 0.3 is 0 Å². The van der Waals surface area contributed by atoms with E-state index in [-0.39, 0.29) is 11.4 Å². The van der Waals surface area contributed by atoms with Crippen LogP contribution < -0.4 is 10.1 Å². The zero-order chi connectivity index (χ0) is 12.3. The predicted octanol–water partition coefficient (Wildman–Crippen LogP) is 2.13. The SMILES string of the molecule is COc1cccc([S-])c1C(=O)NC(C)(C)C. The molecule has 0 aromatic heterocycles. The van der Waals surface area contributed by atoms with Crippen LogP contribution in [0.3, 0.4) is 0 Å². The van der Waals surface area contributed by atoms with E-state index in [1.807, 2.05) is 20.8 Å². The van der Waals surface area contributed by atoms with Crippen LogP contribution in [0, 0.1) is 0 Å². The van der Waals surface area contributed by atoms with Gasteiger partial charge in [0.05, 0.1) is 12.7 Å². The fourth-order valence-corrected chi connectivity index (χ4v) is 1.58. The average molecular weight is 238 g/mol. The summed E-state index contributed by atoms with van der Waals surface area (Å²) < 4.78 is 5.13. The van der Waals surface area contributed by atoms with Crippen molar-refractivity contribution in [1.82, 2.24) is 5.32 Å². The van der Waals surface area contributed by atoms with E-state index in [2.05, 4.69) is 5.32 Å². The Bertz CT molecular complexity index is 396. The van der Waals surface area contributed by atoms with Gasteiger partial charge in [-0.15, -0.1) is 0 Å². The second-order valence-corrected chi connectivity index (χ2v) is 4.98. The Kier molecular flexibility index (Phi) is 3.75. The average Bonchev–Trinajstić information content (AvgIpc) is 2.14. The fourth-order valence-electron chi connectivity index (χ4n) is 1.31. The highest BCUT2D eigenvalue weighted by molar-refractivity contribution is 7.58. The second kappa shape index (κ2) is 4.70. The molecule has 3 nitrogen and oxygen atoms in total. The Morgan fingerprint density at radius 3 is 2.50 bits per heavy atom. The van der Waals surface area contributed by atoms with E-state index in [0.717, 1.165) is 0 Å². The lowest BCUT2D eigenvalue weighted by atomic mass is 10.1. The third kappa shape index (κ3) is 3.10. The van der Waals surface area contributed by atoms with Crippen molar-refractivity contribution in [2.75, 3.05) is 7.11 Å². The molecule has 1 rings (SSSR count). The van der Waals surface area contributed by atoms with Gasteiger partial charge in [0.25, 0.3) is 5.91 Å². The number of hydrogen-bond donors (Lipinski definition) is 1. The van der Waals surface area contributed by atoms with Crippen molar-refractivity contribution in [1.29, 1.82) is 0 Å². The van der Waals surface area contributed by atoms with Gasteiger partial charge < -0.3 is 22.7 Å². The van der Waals surface area contributed by atoms with Gasteiger partial charge in [-0.1, -0.05) is 12.1 Å². The fraction of sp³-hybridized carbons (Fsp3) is 0.417. The topological polar surface area (TPSA) is 38.3 Å². The number of carbonyl (C=O) groups excluding carboxylic acids is 1. The molecule has 0 aliphatic carbocycles. The van der Waals surface area contributed by atoms with Crippen molar-refractivity contribution in [3.05, 3.63) is 23.8 Å². The van der Waals surface area contributed by atoms with Gasteiger partial charge in [0, 0.05) is 5.54 Å². The van der Waals surface area contributed by atoms with Crippen LogP contribution in [-0.2, 0) is 12.6 Å². The first-order valence-corrected chi connectivity index (χ1v) is 5.42. The standard InChI is InChI=1S/C12H17NO2S/c1-12(2,3)13-11(14)10-8(15-4)6-5-7-9(10)16/h5-7,16H,1-4H3,(H,13,14)/p-1. The molecular weight excluding hydrogens is 222 g/mol. The summed E-state index contributed by atoms with van der Waals surface area (Å²) in [6.45, 7) is 5.76. The highest BCUT2D eigenvalue weighted by Crippen LogP contribution is 2.22. The summed E-state index contributed by atoms with van der Waals surface area (Å²) in [6, 6.07) is 5.22. The molecule has 1 aromatic carbocycles. The van der Waals surface area contributed by atoms with Crippen molar-refractivity contribution in [3.8, 4) is 5.75 Å². The molecule has 0 fully saturated rings. The minimum Gasteiger partial charge on any atom is -0.779 e. The van der Waals surface area contributed by atoms with E-state index in [1.54, 1.807) is 18.2 Å². The van der Waals surface area contributed by atoms with Crippen molar-refractivity contribution in [2.45, 2.75) is 31.2 Å². The highest BCUT2D eigenvalue weighted by atomic mass is 32.1. The molecule has 0 spiro atoms. The molecule has 0 radical (unpaired) electrons. The summed E-state index contributed by atoms with van der Waals surface area (Å²) >= 11 is 5.13. The lowest BCUT2D eigenvalue weighted by Crippen LogP contribution is -2.40. The van der Waals surface area contributed by atoms with Gasteiger partial charge in [0.1, 0.15) is 5.75 Å². The first-order valence-electron chi connectivity index (χ1n) is 5.01. The summed E-state index contributed by atoms with van der Waals surface area (Å²) in [5.74, 6) is 0.309. The van der Waals surface area contributed by atoms with E-state index >= 15 is 0 Å². The van der Waals surface area contributed by atoms with E-state index in [1.165, 1.54) is 7.11 Å². The molecule has 4 heteroatoms. The van der Waals surface area contributed by atoms with Crippen LogP contribution in [0.2, 0.25) is 0 Å². The molecule has 1 N–H and O–H groups in total. The van der Waals surface area contributed by atoms with E-state index < -0.39 is 0 Å². The van der Waals surface area contributed by atoms with Gasteiger partial charge in [-0.2, -0.15) is 4.90 Å². The molecule has 1 amide bonds. The third-order valence-electron chi connectivity index (χ3n) is 1.92. The van der Waals surface area contributed by atoms with Gasteiger partial charge in [-0.05, 0) is 26.8 Å². The van der Waals surface area contributed by atoms with Crippen LogP contribution in [0.5, 0.6) is 5.75 Å². The Labute approximate surface area is 102 Å². The van der Waals surface area contributed by atoms with Crippen molar-refractivity contribution >= 4 is 18.5 Å². The number of methoxy groups -OCH3 is 1. The normalized spacial score (nSPS) is 11.0. The maximum Gasteiger partial charge on any atom is 0.253 e. The first-order chi connectivity index (χ1) is 7.35. The van der Waals surface area contributed by atoms with Crippen LogP contribution in [0.15, 0.2) is 23.1 Å². The number of benzene rings is 1. The van der Waals surface area contributed by atoms with E-state index in [9.17, 15) is 4.79 Å². The smallest absolute Gasteiger partial charge is 0.253 e. The Balaban J connectivity index is 3.08. The van der Waals surface area contributed by atoms with Crippen LogP contribution in [0.25, 0.3) is 0 Å². The monoisotopic (exact) mass is 238 g/mol. The predicted molar refractivity (Wildman–Crippen MR) is 65.8 cm³/mol. The maximum absolute atomic E-state index is 12.0. The zero-order valence-corrected chi connectivity index (χ0v) is 10.8. The molecule has 0 saturated heterocycles. The van der Waals surface area contributed by atoms with Gasteiger partial charge in [0.15, 0.2) is 0 Å². The third-order valence-corrected chi connectivity index (χ3v) is 2.26. The van der Waals surface area contributed by atoms with Crippen LogP contribution in [0.1, 0.15) is 31.1 Å². The van der Waals surface area contributed by atoms with Crippen LogP contribution in [0.4, 0.5) is 0 Å². The van der Waals surface area contributed by atoms with Gasteiger partial charge in [-0.25, -0.2) is 0 Å². The van der Waals surface area contributed by atoms with E-state index in [4.69, 9.17) is 17.4 Å².